The summed E-state index contributed by atoms with van der Waals surface area (Å²) in [6, 6.07) is 0. The van der Waals surface area contributed by atoms with E-state index >= 15 is 0 Å². The van der Waals surface area contributed by atoms with Gasteiger partial charge in [0, 0.05) is 26.2 Å². The molecule has 0 atom stereocenters. The van der Waals surface area contributed by atoms with Crippen LogP contribution in [-0.2, 0) is 4.74 Å². The molecule has 0 bridgehead atoms. The van der Waals surface area contributed by atoms with Gasteiger partial charge in [-0.3, -0.25) is 0 Å². The third kappa shape index (κ3) is 9.88. The van der Waals surface area contributed by atoms with Gasteiger partial charge in [-0.2, -0.15) is 0 Å². The Morgan fingerprint density at radius 1 is 1.08 bits per heavy atom. The summed E-state index contributed by atoms with van der Waals surface area (Å²) < 4.78 is 5.37. The SMILES string of the molecule is CCCCOCCNCCNC. The van der Waals surface area contributed by atoms with Crippen molar-refractivity contribution in [1.82, 2.24) is 10.6 Å². The zero-order valence-corrected chi connectivity index (χ0v) is 8.36. The normalized spacial score (nSPS) is 10.5. The van der Waals surface area contributed by atoms with E-state index in [4.69, 9.17) is 4.74 Å². The van der Waals surface area contributed by atoms with Crippen molar-refractivity contribution in [1.29, 1.82) is 0 Å². The fourth-order valence-corrected chi connectivity index (χ4v) is 0.831. The van der Waals surface area contributed by atoms with Gasteiger partial charge in [0.1, 0.15) is 0 Å². The lowest BCUT2D eigenvalue weighted by molar-refractivity contribution is 0.133. The van der Waals surface area contributed by atoms with Crippen LogP contribution in [0.2, 0.25) is 0 Å². The first-order valence-corrected chi connectivity index (χ1v) is 4.85. The van der Waals surface area contributed by atoms with E-state index in [-0.39, 0.29) is 0 Å². The minimum absolute atomic E-state index is 0.837. The van der Waals surface area contributed by atoms with Gasteiger partial charge in [-0.1, -0.05) is 13.3 Å². The van der Waals surface area contributed by atoms with Crippen molar-refractivity contribution < 1.29 is 4.74 Å². The van der Waals surface area contributed by atoms with E-state index in [9.17, 15) is 0 Å². The molecule has 2 N–H and O–H groups in total. The summed E-state index contributed by atoms with van der Waals surface area (Å²) in [6.45, 7) is 6.93. The molecule has 0 aromatic rings. The molecule has 0 aliphatic carbocycles. The zero-order valence-electron chi connectivity index (χ0n) is 8.36. The molecule has 0 saturated carbocycles. The van der Waals surface area contributed by atoms with Crippen LogP contribution >= 0.6 is 0 Å². The van der Waals surface area contributed by atoms with Crippen LogP contribution in [0, 0.1) is 0 Å². The highest BCUT2D eigenvalue weighted by atomic mass is 16.5. The van der Waals surface area contributed by atoms with E-state index in [0.717, 1.165) is 32.8 Å². The van der Waals surface area contributed by atoms with Crippen LogP contribution in [0.5, 0.6) is 0 Å². The number of nitrogens with one attached hydrogen (secondary N) is 2. The second kappa shape index (κ2) is 10.9. The topological polar surface area (TPSA) is 33.3 Å². The molecule has 0 saturated heterocycles. The van der Waals surface area contributed by atoms with E-state index in [1.165, 1.54) is 12.8 Å². The molecular formula is C9H22N2O. The summed E-state index contributed by atoms with van der Waals surface area (Å²) in [6.07, 6.45) is 2.39. The molecule has 0 rings (SSSR count). The predicted molar refractivity (Wildman–Crippen MR) is 52.5 cm³/mol. The van der Waals surface area contributed by atoms with Gasteiger partial charge in [0.15, 0.2) is 0 Å². The predicted octanol–water partition coefficient (Wildman–Crippen LogP) is 0.612. The monoisotopic (exact) mass is 174 g/mol. The van der Waals surface area contributed by atoms with Crippen LogP contribution in [-0.4, -0.2) is 39.9 Å². The van der Waals surface area contributed by atoms with Crippen molar-refractivity contribution in [3.63, 3.8) is 0 Å². The van der Waals surface area contributed by atoms with E-state index < -0.39 is 0 Å². The second-order valence-electron chi connectivity index (χ2n) is 2.82. The molecule has 0 radical (unpaired) electrons. The Hall–Kier alpha value is -0.120. The van der Waals surface area contributed by atoms with Crippen molar-refractivity contribution in [2.45, 2.75) is 19.8 Å². The Kier molecular flexibility index (Phi) is 10.8. The molecular weight excluding hydrogens is 152 g/mol. The van der Waals surface area contributed by atoms with Gasteiger partial charge in [-0.25, -0.2) is 0 Å². The van der Waals surface area contributed by atoms with Crippen molar-refractivity contribution >= 4 is 0 Å². The van der Waals surface area contributed by atoms with Crippen LogP contribution < -0.4 is 10.6 Å². The standard InChI is InChI=1S/C9H22N2O/c1-3-4-8-12-9-7-11-6-5-10-2/h10-11H,3-9H2,1-2H3. The first kappa shape index (κ1) is 11.9. The van der Waals surface area contributed by atoms with Crippen molar-refractivity contribution in [2.75, 3.05) is 39.9 Å². The lowest BCUT2D eigenvalue weighted by Gasteiger charge is -2.04. The van der Waals surface area contributed by atoms with Gasteiger partial charge < -0.3 is 15.4 Å². The van der Waals surface area contributed by atoms with Crippen molar-refractivity contribution in [2.24, 2.45) is 0 Å². The smallest absolute Gasteiger partial charge is 0.0590 e. The lowest BCUT2D eigenvalue weighted by atomic mass is 10.4. The summed E-state index contributed by atoms with van der Waals surface area (Å²) >= 11 is 0. The number of ether oxygens (including phenoxy) is 1. The molecule has 0 spiro atoms. The highest BCUT2D eigenvalue weighted by Gasteiger charge is 1.87. The molecule has 0 unspecified atom stereocenters. The molecule has 0 aromatic carbocycles. The molecule has 0 amide bonds. The number of hydrogen-bond acceptors (Lipinski definition) is 3. The maximum Gasteiger partial charge on any atom is 0.0590 e. The van der Waals surface area contributed by atoms with Crippen LogP contribution in [0.15, 0.2) is 0 Å². The summed E-state index contributed by atoms with van der Waals surface area (Å²) in [7, 11) is 1.96. The largest absolute Gasteiger partial charge is 0.380 e. The molecule has 0 aliphatic rings. The van der Waals surface area contributed by atoms with Gasteiger partial charge >= 0.3 is 0 Å². The van der Waals surface area contributed by atoms with Crippen LogP contribution in [0.4, 0.5) is 0 Å². The fourth-order valence-electron chi connectivity index (χ4n) is 0.831. The Morgan fingerprint density at radius 2 is 1.92 bits per heavy atom. The molecule has 0 aliphatic heterocycles. The molecule has 0 aromatic heterocycles. The van der Waals surface area contributed by atoms with Gasteiger partial charge in [0.2, 0.25) is 0 Å². The second-order valence-corrected chi connectivity index (χ2v) is 2.82. The Bertz CT molecular complexity index is 68.9. The van der Waals surface area contributed by atoms with Gasteiger partial charge in [0.05, 0.1) is 6.61 Å². The molecule has 74 valence electrons. The summed E-state index contributed by atoms with van der Waals surface area (Å²) in [5, 5.41) is 6.35. The Morgan fingerprint density at radius 3 is 2.58 bits per heavy atom. The Labute approximate surface area is 75.9 Å². The highest BCUT2D eigenvalue weighted by Crippen LogP contribution is 1.86. The molecule has 3 heteroatoms. The summed E-state index contributed by atoms with van der Waals surface area (Å²) in [5.74, 6) is 0. The number of rotatable bonds is 9. The van der Waals surface area contributed by atoms with Gasteiger partial charge in [-0.15, -0.1) is 0 Å². The van der Waals surface area contributed by atoms with E-state index in [1.807, 2.05) is 7.05 Å². The van der Waals surface area contributed by atoms with Crippen molar-refractivity contribution in [3.05, 3.63) is 0 Å². The van der Waals surface area contributed by atoms with Crippen LogP contribution in [0.3, 0.4) is 0 Å². The third-order valence-electron chi connectivity index (χ3n) is 1.62. The van der Waals surface area contributed by atoms with E-state index in [0.29, 0.717) is 0 Å². The fraction of sp³-hybridized carbons (Fsp3) is 1.00. The summed E-state index contributed by atoms with van der Waals surface area (Å²) in [4.78, 5) is 0. The molecule has 0 heterocycles. The van der Waals surface area contributed by atoms with Gasteiger partial charge in [0.25, 0.3) is 0 Å². The number of unbranched alkanes of at least 4 members (excludes halogenated alkanes) is 1. The minimum atomic E-state index is 0.837. The van der Waals surface area contributed by atoms with Crippen LogP contribution in [0.1, 0.15) is 19.8 Å². The highest BCUT2D eigenvalue weighted by molar-refractivity contribution is 4.47. The first-order valence-electron chi connectivity index (χ1n) is 4.85. The number of hydrogen-bond donors (Lipinski definition) is 2. The van der Waals surface area contributed by atoms with E-state index in [1.54, 1.807) is 0 Å². The maximum atomic E-state index is 5.37. The van der Waals surface area contributed by atoms with E-state index in [2.05, 4.69) is 17.6 Å². The lowest BCUT2D eigenvalue weighted by Crippen LogP contribution is -2.27. The molecule has 12 heavy (non-hydrogen) atoms. The maximum absolute atomic E-state index is 5.37. The van der Waals surface area contributed by atoms with Crippen LogP contribution in [0.25, 0.3) is 0 Å². The molecule has 3 nitrogen and oxygen atoms in total. The average molecular weight is 174 g/mol. The minimum Gasteiger partial charge on any atom is -0.380 e. The Balaban J connectivity index is 2.73. The first-order chi connectivity index (χ1) is 5.91. The quantitative estimate of drug-likeness (QED) is 0.503. The zero-order chi connectivity index (χ0) is 9.07. The number of likely N-dealkylation sites (N-methyl/N-ethyl adjacent to an activating group) is 1. The van der Waals surface area contributed by atoms with Crippen molar-refractivity contribution in [3.8, 4) is 0 Å². The average Bonchev–Trinajstić information content (AvgIpc) is 2.10. The molecule has 0 fully saturated rings. The van der Waals surface area contributed by atoms with Gasteiger partial charge in [-0.05, 0) is 13.5 Å². The third-order valence-corrected chi connectivity index (χ3v) is 1.62. The summed E-state index contributed by atoms with van der Waals surface area (Å²) in [5.41, 5.74) is 0.